The van der Waals surface area contributed by atoms with Crippen LogP contribution in [-0.2, 0) is 14.8 Å². The van der Waals surface area contributed by atoms with Gasteiger partial charge in [-0.1, -0.05) is 25.3 Å². The molecule has 2 fully saturated rings. The first-order chi connectivity index (χ1) is 15.9. The number of H-pyrrole nitrogens is 1. The highest BCUT2D eigenvalue weighted by Crippen LogP contribution is 2.36. The average Bonchev–Trinajstić information content (AvgIpc) is 3.51. The fraction of sp³-hybridized carbons (Fsp3) is 0.417. The van der Waals surface area contributed by atoms with E-state index >= 15 is 4.39 Å². The van der Waals surface area contributed by atoms with Crippen molar-refractivity contribution in [1.82, 2.24) is 9.97 Å². The van der Waals surface area contributed by atoms with Gasteiger partial charge in [-0.2, -0.15) is 0 Å². The van der Waals surface area contributed by atoms with Gasteiger partial charge in [0.05, 0.1) is 11.4 Å². The van der Waals surface area contributed by atoms with Gasteiger partial charge in [0.2, 0.25) is 16.4 Å². The maximum absolute atomic E-state index is 15.0. The van der Waals surface area contributed by atoms with Crippen molar-refractivity contribution in [2.24, 2.45) is 5.92 Å². The maximum atomic E-state index is 15.0. The van der Waals surface area contributed by atoms with Gasteiger partial charge in [-0.3, -0.25) is 14.4 Å². The molecule has 0 radical (unpaired) electrons. The number of rotatable bonds is 8. The first-order valence-corrected chi connectivity index (χ1v) is 13.1. The molecule has 1 amide bonds. The van der Waals surface area contributed by atoms with Crippen molar-refractivity contribution in [3.05, 3.63) is 42.3 Å². The molecule has 0 bridgehead atoms. The molecule has 0 atom stereocenters. The number of pyridine rings is 1. The lowest BCUT2D eigenvalue weighted by atomic mass is 9.91. The Labute approximate surface area is 192 Å². The van der Waals surface area contributed by atoms with Gasteiger partial charge >= 0.3 is 0 Å². The summed E-state index contributed by atoms with van der Waals surface area (Å²) in [7, 11) is -3.63. The van der Waals surface area contributed by atoms with Crippen molar-refractivity contribution < 1.29 is 17.6 Å². The molecule has 33 heavy (non-hydrogen) atoms. The van der Waals surface area contributed by atoms with Crippen LogP contribution >= 0.6 is 0 Å². The third kappa shape index (κ3) is 4.73. The molecule has 2 aliphatic rings. The summed E-state index contributed by atoms with van der Waals surface area (Å²) in [5, 5.41) is 0.797. The van der Waals surface area contributed by atoms with Gasteiger partial charge in [0.25, 0.3) is 0 Å². The Morgan fingerprint density at radius 1 is 1.12 bits per heavy atom. The molecule has 2 N–H and O–H groups in total. The molecule has 3 aromatic rings. The number of nitrogens with zero attached hydrogens (tertiary/aromatic N) is 2. The summed E-state index contributed by atoms with van der Waals surface area (Å²) in [5.74, 6) is 0.0171. The minimum Gasteiger partial charge on any atom is -0.346 e. The predicted octanol–water partition coefficient (Wildman–Crippen LogP) is 4.82. The van der Waals surface area contributed by atoms with Gasteiger partial charge in [0.15, 0.2) is 0 Å². The smallest absolute Gasteiger partial charge is 0.233 e. The number of anilines is 2. The number of benzene rings is 1. The van der Waals surface area contributed by atoms with Crippen molar-refractivity contribution >= 4 is 39.0 Å². The van der Waals surface area contributed by atoms with Gasteiger partial charge < -0.3 is 4.98 Å². The standard InChI is InChI=1S/C24H27FN4O3S/c25-21-12-17(6-9-22(21)28-33(31,32)14-16-4-2-1-3-5-16)20-13-23(29(15-30)18-7-8-18)27-24-19(20)10-11-26-24/h6,9-13,15-16,18,28H,1-5,7-8,14H2,(H,26,27). The van der Waals surface area contributed by atoms with Crippen molar-refractivity contribution in [3.8, 4) is 11.1 Å². The van der Waals surface area contributed by atoms with Gasteiger partial charge in [-0.15, -0.1) is 0 Å². The zero-order valence-corrected chi connectivity index (χ0v) is 19.1. The summed E-state index contributed by atoms with van der Waals surface area (Å²) < 4.78 is 42.7. The van der Waals surface area contributed by atoms with Crippen LogP contribution in [0, 0.1) is 11.7 Å². The van der Waals surface area contributed by atoms with Crippen LogP contribution in [0.25, 0.3) is 22.2 Å². The van der Waals surface area contributed by atoms with Crippen LogP contribution in [0.5, 0.6) is 0 Å². The zero-order chi connectivity index (χ0) is 23.0. The molecule has 0 aliphatic heterocycles. The van der Waals surface area contributed by atoms with Crippen LogP contribution in [0.3, 0.4) is 0 Å². The fourth-order valence-corrected chi connectivity index (χ4v) is 6.25. The van der Waals surface area contributed by atoms with E-state index in [0.29, 0.717) is 17.0 Å². The number of sulfonamides is 1. The van der Waals surface area contributed by atoms with Crippen molar-refractivity contribution in [2.75, 3.05) is 15.4 Å². The Hall–Kier alpha value is -2.94. The van der Waals surface area contributed by atoms with Crippen LogP contribution < -0.4 is 9.62 Å². The maximum Gasteiger partial charge on any atom is 0.233 e. The second-order valence-electron chi connectivity index (χ2n) is 9.09. The van der Waals surface area contributed by atoms with Crippen LogP contribution in [0.15, 0.2) is 36.5 Å². The van der Waals surface area contributed by atoms with Crippen LogP contribution in [0.2, 0.25) is 0 Å². The number of aromatic amines is 1. The highest BCUT2D eigenvalue weighted by Gasteiger charge is 2.30. The molecular formula is C24H27FN4O3S. The summed E-state index contributed by atoms with van der Waals surface area (Å²) in [5.41, 5.74) is 1.85. The molecule has 2 aromatic heterocycles. The second-order valence-corrected chi connectivity index (χ2v) is 10.9. The van der Waals surface area contributed by atoms with E-state index in [4.69, 9.17) is 0 Å². The van der Waals surface area contributed by atoms with Crippen LogP contribution in [0.1, 0.15) is 44.9 Å². The number of fused-ring (bicyclic) bond motifs is 1. The SMILES string of the molecule is O=CN(c1cc(-c2ccc(NS(=O)(=O)CC3CCCCC3)c(F)c2)c2cc[nH]c2n1)C1CC1. The van der Waals surface area contributed by atoms with E-state index in [9.17, 15) is 13.2 Å². The van der Waals surface area contributed by atoms with Crippen molar-refractivity contribution in [1.29, 1.82) is 0 Å². The van der Waals surface area contributed by atoms with Gasteiger partial charge in [0, 0.05) is 17.6 Å². The van der Waals surface area contributed by atoms with Crippen LogP contribution in [-0.4, -0.2) is 36.6 Å². The van der Waals surface area contributed by atoms with Crippen molar-refractivity contribution in [3.63, 3.8) is 0 Å². The molecule has 174 valence electrons. The topological polar surface area (TPSA) is 95.2 Å². The summed E-state index contributed by atoms with van der Waals surface area (Å²) in [4.78, 5) is 20.9. The van der Waals surface area contributed by atoms with E-state index in [1.165, 1.54) is 12.1 Å². The first-order valence-electron chi connectivity index (χ1n) is 11.5. The van der Waals surface area contributed by atoms with E-state index in [0.717, 1.165) is 62.3 Å². The molecule has 0 spiro atoms. The molecule has 5 rings (SSSR count). The monoisotopic (exact) mass is 470 g/mol. The summed E-state index contributed by atoms with van der Waals surface area (Å²) >= 11 is 0. The predicted molar refractivity (Wildman–Crippen MR) is 127 cm³/mol. The third-order valence-corrected chi connectivity index (χ3v) is 8.00. The normalized spacial score (nSPS) is 17.2. The minimum atomic E-state index is -3.63. The lowest BCUT2D eigenvalue weighted by molar-refractivity contribution is -0.107. The molecule has 1 aromatic carbocycles. The summed E-state index contributed by atoms with van der Waals surface area (Å²) in [6.07, 6.45) is 9.44. The number of amides is 1. The minimum absolute atomic E-state index is 0.0224. The zero-order valence-electron chi connectivity index (χ0n) is 18.3. The Morgan fingerprint density at radius 2 is 1.91 bits per heavy atom. The molecule has 0 saturated heterocycles. The van der Waals surface area contributed by atoms with Gasteiger partial charge in [0.1, 0.15) is 17.3 Å². The van der Waals surface area contributed by atoms with E-state index in [1.807, 2.05) is 6.07 Å². The highest BCUT2D eigenvalue weighted by molar-refractivity contribution is 7.92. The number of carbonyl (C=O) groups is 1. The molecule has 2 saturated carbocycles. The molecular weight excluding hydrogens is 443 g/mol. The quantitative estimate of drug-likeness (QED) is 0.462. The number of hydrogen-bond donors (Lipinski definition) is 2. The van der Waals surface area contributed by atoms with E-state index in [-0.39, 0.29) is 23.4 Å². The Bertz CT molecular complexity index is 1280. The van der Waals surface area contributed by atoms with Crippen molar-refractivity contribution in [2.45, 2.75) is 51.0 Å². The molecule has 0 unspecified atom stereocenters. The number of aromatic nitrogens is 2. The van der Waals surface area contributed by atoms with E-state index < -0.39 is 15.8 Å². The number of nitrogens with one attached hydrogen (secondary N) is 2. The Balaban J connectivity index is 1.43. The number of hydrogen-bond acceptors (Lipinski definition) is 4. The fourth-order valence-electron chi connectivity index (χ4n) is 4.71. The summed E-state index contributed by atoms with van der Waals surface area (Å²) in [6.45, 7) is 0. The average molecular weight is 471 g/mol. The van der Waals surface area contributed by atoms with Gasteiger partial charge in [-0.25, -0.2) is 17.8 Å². The highest BCUT2D eigenvalue weighted by atomic mass is 32.2. The number of halogens is 1. The van der Waals surface area contributed by atoms with E-state index in [1.54, 1.807) is 23.2 Å². The second kappa shape index (κ2) is 8.78. The largest absolute Gasteiger partial charge is 0.346 e. The van der Waals surface area contributed by atoms with E-state index in [2.05, 4.69) is 14.7 Å². The first kappa shape index (κ1) is 21.9. The lowest BCUT2D eigenvalue weighted by Gasteiger charge is -2.21. The molecule has 9 heteroatoms. The lowest BCUT2D eigenvalue weighted by Crippen LogP contribution is -2.24. The number of carbonyl (C=O) groups excluding carboxylic acids is 1. The Kier molecular flexibility index (Phi) is 5.82. The van der Waals surface area contributed by atoms with Crippen LogP contribution in [0.4, 0.5) is 15.9 Å². The Morgan fingerprint density at radius 3 is 2.61 bits per heavy atom. The molecule has 2 heterocycles. The van der Waals surface area contributed by atoms with Gasteiger partial charge in [-0.05, 0) is 67.0 Å². The third-order valence-electron chi connectivity index (χ3n) is 6.56. The summed E-state index contributed by atoms with van der Waals surface area (Å²) in [6, 6.07) is 8.25. The molecule has 2 aliphatic carbocycles. The molecule has 7 nitrogen and oxygen atoms in total.